The van der Waals surface area contributed by atoms with Gasteiger partial charge in [-0.1, -0.05) is 12.8 Å². The summed E-state index contributed by atoms with van der Waals surface area (Å²) in [5, 5.41) is 0. The maximum absolute atomic E-state index is 4.83. The van der Waals surface area contributed by atoms with E-state index in [0.29, 0.717) is 0 Å². The molecule has 0 radical (unpaired) electrons. The molecule has 3 heteroatoms. The number of aliphatic imine (C=N–C) groups is 1. The van der Waals surface area contributed by atoms with Gasteiger partial charge in [0.2, 0.25) is 0 Å². The number of hydrogen-bond acceptors (Lipinski definition) is 2. The molecule has 1 heterocycles. The molecule has 0 atom stereocenters. The van der Waals surface area contributed by atoms with Crippen molar-refractivity contribution in [3.8, 4) is 0 Å². The molecular formula is C5H8LiNO. The second-order valence-electron chi connectivity index (χ2n) is 1.45. The van der Waals surface area contributed by atoms with Crippen LogP contribution < -0.4 is 18.9 Å². The zero-order valence-corrected chi connectivity index (χ0v) is 5.35. The second-order valence-corrected chi connectivity index (χ2v) is 1.45. The van der Waals surface area contributed by atoms with E-state index in [4.69, 9.17) is 4.74 Å². The quantitative estimate of drug-likeness (QED) is 0.258. The molecule has 1 aliphatic rings. The number of methoxy groups -OCH3 is 1. The molecule has 40 valence electrons. The topological polar surface area (TPSA) is 21.6 Å². The molecule has 0 fully saturated rings. The Morgan fingerprint density at radius 3 is 2.75 bits per heavy atom. The minimum absolute atomic E-state index is 0. The summed E-state index contributed by atoms with van der Waals surface area (Å²) in [6.07, 6.45) is 2.03. The minimum Gasteiger partial charge on any atom is -0.568 e. The van der Waals surface area contributed by atoms with E-state index in [9.17, 15) is 0 Å². The first-order chi connectivity index (χ1) is 3.43. The molecule has 0 aromatic carbocycles. The van der Waals surface area contributed by atoms with Gasteiger partial charge in [-0.15, -0.1) is 6.54 Å². The van der Waals surface area contributed by atoms with E-state index in [-0.39, 0.29) is 18.9 Å². The smallest absolute Gasteiger partial charge is 0.568 e. The molecule has 0 N–H and O–H groups in total. The van der Waals surface area contributed by atoms with E-state index >= 15 is 0 Å². The van der Waals surface area contributed by atoms with Crippen LogP contribution >= 0.6 is 0 Å². The molecule has 0 aromatic rings. The minimum atomic E-state index is 0. The summed E-state index contributed by atoms with van der Waals surface area (Å²) in [6, 6.07) is 0. The zero-order valence-electron chi connectivity index (χ0n) is 5.35. The fourth-order valence-electron chi connectivity index (χ4n) is 0.574. The van der Waals surface area contributed by atoms with Crippen molar-refractivity contribution in [2.75, 3.05) is 7.11 Å². The predicted octanol–water partition coefficient (Wildman–Crippen LogP) is -2.01. The van der Waals surface area contributed by atoms with Gasteiger partial charge >= 0.3 is 18.9 Å². The van der Waals surface area contributed by atoms with E-state index < -0.39 is 0 Å². The van der Waals surface area contributed by atoms with E-state index in [1.165, 1.54) is 0 Å². The van der Waals surface area contributed by atoms with Crippen LogP contribution in [0, 0.1) is 6.54 Å². The van der Waals surface area contributed by atoms with Gasteiger partial charge in [-0.25, -0.2) is 0 Å². The van der Waals surface area contributed by atoms with Crippen molar-refractivity contribution in [3.63, 3.8) is 0 Å². The van der Waals surface area contributed by atoms with Gasteiger partial charge in [0.05, 0.1) is 7.11 Å². The Labute approximate surface area is 61.5 Å². The van der Waals surface area contributed by atoms with Crippen molar-refractivity contribution >= 4 is 5.90 Å². The average Bonchev–Trinajstić information content (AvgIpc) is 2.14. The van der Waals surface area contributed by atoms with E-state index in [1.54, 1.807) is 7.11 Å². The normalized spacial score (nSPS) is 15.9. The van der Waals surface area contributed by atoms with Crippen molar-refractivity contribution < 1.29 is 23.6 Å². The standard InChI is InChI=1S/C5H8NO.Li/c1-7-5-3-2-4-6-5;/h4H,2-3H2,1H3;/q-1;+1. The number of ether oxygens (including phenoxy) is 1. The van der Waals surface area contributed by atoms with Crippen LogP contribution in [0.5, 0.6) is 0 Å². The van der Waals surface area contributed by atoms with Crippen molar-refractivity contribution in [2.24, 2.45) is 4.99 Å². The fourth-order valence-corrected chi connectivity index (χ4v) is 0.574. The summed E-state index contributed by atoms with van der Waals surface area (Å²) in [6.45, 7) is 1.87. The summed E-state index contributed by atoms with van der Waals surface area (Å²) in [5.41, 5.74) is 0. The Bertz CT molecular complexity index is 92.4. The summed E-state index contributed by atoms with van der Waals surface area (Å²) in [5.74, 6) is 0.861. The molecule has 0 spiro atoms. The Balaban J connectivity index is 0.000000490. The summed E-state index contributed by atoms with van der Waals surface area (Å²) in [7, 11) is 1.65. The fraction of sp³-hybridized carbons (Fsp3) is 0.600. The van der Waals surface area contributed by atoms with Crippen LogP contribution in [0.2, 0.25) is 0 Å². The molecular weight excluding hydrogens is 97.0 g/mol. The molecule has 2 nitrogen and oxygen atoms in total. The third-order valence-electron chi connectivity index (χ3n) is 0.958. The molecule has 8 heavy (non-hydrogen) atoms. The van der Waals surface area contributed by atoms with Crippen LogP contribution in [-0.4, -0.2) is 13.0 Å². The monoisotopic (exact) mass is 105 g/mol. The molecule has 0 aromatic heterocycles. The van der Waals surface area contributed by atoms with Crippen LogP contribution in [0.1, 0.15) is 12.8 Å². The van der Waals surface area contributed by atoms with Gasteiger partial charge in [-0.3, -0.25) is 0 Å². The second kappa shape index (κ2) is 3.88. The van der Waals surface area contributed by atoms with Crippen LogP contribution in [0.25, 0.3) is 0 Å². The van der Waals surface area contributed by atoms with E-state index in [1.807, 2.05) is 6.54 Å². The third-order valence-corrected chi connectivity index (χ3v) is 0.958. The molecule has 0 saturated carbocycles. The first-order valence-corrected chi connectivity index (χ1v) is 2.36. The molecule has 0 unspecified atom stereocenters. The van der Waals surface area contributed by atoms with Crippen molar-refractivity contribution in [1.82, 2.24) is 0 Å². The first kappa shape index (κ1) is 7.94. The number of hydrogen-bond donors (Lipinski definition) is 0. The average molecular weight is 105 g/mol. The molecule has 0 saturated heterocycles. The molecule has 1 aliphatic heterocycles. The first-order valence-electron chi connectivity index (χ1n) is 2.36. The zero-order chi connectivity index (χ0) is 5.11. The summed E-state index contributed by atoms with van der Waals surface area (Å²) < 4.78 is 4.83. The SMILES string of the molecule is COC1=N[CH-]CC1.[Li+]. The van der Waals surface area contributed by atoms with Crippen LogP contribution in [0.15, 0.2) is 4.99 Å². The van der Waals surface area contributed by atoms with Gasteiger partial charge in [0.25, 0.3) is 0 Å². The summed E-state index contributed by atoms with van der Waals surface area (Å²) in [4.78, 5) is 3.92. The number of rotatable bonds is 0. The maximum Gasteiger partial charge on any atom is 1.00 e. The van der Waals surface area contributed by atoms with Crippen LogP contribution in [0.4, 0.5) is 0 Å². The molecule has 0 aliphatic carbocycles. The van der Waals surface area contributed by atoms with E-state index in [0.717, 1.165) is 18.7 Å². The van der Waals surface area contributed by atoms with Crippen molar-refractivity contribution in [3.05, 3.63) is 6.54 Å². The van der Waals surface area contributed by atoms with Crippen molar-refractivity contribution in [2.45, 2.75) is 12.8 Å². The van der Waals surface area contributed by atoms with Crippen LogP contribution in [0.3, 0.4) is 0 Å². The van der Waals surface area contributed by atoms with Gasteiger partial charge in [0.1, 0.15) is 0 Å². The van der Waals surface area contributed by atoms with E-state index in [2.05, 4.69) is 4.99 Å². The van der Waals surface area contributed by atoms with Gasteiger partial charge in [-0.05, 0) is 0 Å². The Hall–Kier alpha value is -0.0626. The molecule has 0 bridgehead atoms. The van der Waals surface area contributed by atoms with Gasteiger partial charge in [0.15, 0.2) is 0 Å². The van der Waals surface area contributed by atoms with Crippen molar-refractivity contribution in [1.29, 1.82) is 0 Å². The Morgan fingerprint density at radius 1 is 1.75 bits per heavy atom. The van der Waals surface area contributed by atoms with Crippen LogP contribution in [-0.2, 0) is 4.74 Å². The predicted molar refractivity (Wildman–Crippen MR) is 28.0 cm³/mol. The maximum atomic E-state index is 4.83. The Morgan fingerprint density at radius 2 is 2.50 bits per heavy atom. The summed E-state index contributed by atoms with van der Waals surface area (Å²) >= 11 is 0. The third kappa shape index (κ3) is 1.81. The largest absolute Gasteiger partial charge is 1.00 e. The molecule has 1 rings (SSSR count). The number of nitrogens with zero attached hydrogens (tertiary/aromatic N) is 1. The van der Waals surface area contributed by atoms with Gasteiger partial charge < -0.3 is 9.73 Å². The van der Waals surface area contributed by atoms with Gasteiger partial charge in [0, 0.05) is 5.90 Å². The van der Waals surface area contributed by atoms with Gasteiger partial charge in [-0.2, -0.15) is 0 Å². The molecule has 0 amide bonds. The Kier molecular flexibility index (Phi) is 3.85.